The van der Waals surface area contributed by atoms with Crippen molar-refractivity contribution in [2.75, 3.05) is 29.9 Å². The molecule has 0 spiro atoms. The summed E-state index contributed by atoms with van der Waals surface area (Å²) >= 11 is 1.95. The first-order chi connectivity index (χ1) is 12.1. The molecule has 1 heterocycles. The van der Waals surface area contributed by atoms with Crippen molar-refractivity contribution < 1.29 is 9.18 Å². The van der Waals surface area contributed by atoms with Gasteiger partial charge in [0.15, 0.2) is 0 Å². The lowest BCUT2D eigenvalue weighted by Gasteiger charge is -2.35. The number of para-hydroxylation sites is 1. The van der Waals surface area contributed by atoms with Gasteiger partial charge in [0.05, 0.1) is 5.69 Å². The molecule has 0 bridgehead atoms. The van der Waals surface area contributed by atoms with E-state index in [2.05, 4.69) is 41.4 Å². The number of thioether (sulfide) groups is 1. The van der Waals surface area contributed by atoms with Gasteiger partial charge in [-0.05, 0) is 24.6 Å². The molecule has 1 fully saturated rings. The highest BCUT2D eigenvalue weighted by atomic mass is 32.2. The van der Waals surface area contributed by atoms with Gasteiger partial charge in [-0.15, -0.1) is 0 Å². The van der Waals surface area contributed by atoms with Crippen LogP contribution in [0, 0.1) is 12.7 Å². The van der Waals surface area contributed by atoms with Gasteiger partial charge in [-0.2, -0.15) is 11.8 Å². The minimum absolute atomic E-state index is 0.147. The largest absolute Gasteiger partial charge is 0.324 e. The van der Waals surface area contributed by atoms with Crippen LogP contribution in [0.25, 0.3) is 0 Å². The Morgan fingerprint density at radius 3 is 2.76 bits per heavy atom. The highest BCUT2D eigenvalue weighted by molar-refractivity contribution is 7.99. The number of carbonyl (C=O) groups is 1. The van der Waals surface area contributed by atoms with Gasteiger partial charge in [0.25, 0.3) is 0 Å². The molecule has 1 amide bonds. The Labute approximate surface area is 152 Å². The first-order valence-electron chi connectivity index (χ1n) is 8.56. The number of benzene rings is 2. The van der Waals surface area contributed by atoms with E-state index in [1.165, 1.54) is 17.2 Å². The lowest BCUT2D eigenvalue weighted by molar-refractivity contribution is -0.116. The van der Waals surface area contributed by atoms with Gasteiger partial charge in [-0.1, -0.05) is 42.0 Å². The van der Waals surface area contributed by atoms with Gasteiger partial charge >= 0.3 is 0 Å². The van der Waals surface area contributed by atoms with Crippen LogP contribution in [0.15, 0.2) is 48.5 Å². The molecule has 1 aliphatic rings. The third kappa shape index (κ3) is 4.83. The fourth-order valence-electron chi connectivity index (χ4n) is 3.02. The normalized spacial score (nSPS) is 18.1. The van der Waals surface area contributed by atoms with E-state index in [1.807, 2.05) is 11.8 Å². The van der Waals surface area contributed by atoms with Crippen molar-refractivity contribution in [3.63, 3.8) is 0 Å². The van der Waals surface area contributed by atoms with Crippen molar-refractivity contribution in [3.8, 4) is 0 Å². The monoisotopic (exact) mass is 358 g/mol. The summed E-state index contributed by atoms with van der Waals surface area (Å²) in [5.74, 6) is 1.57. The number of rotatable bonds is 5. The number of hydrogen-bond donors (Lipinski definition) is 1. The van der Waals surface area contributed by atoms with Crippen molar-refractivity contribution in [1.29, 1.82) is 0 Å². The van der Waals surface area contributed by atoms with Gasteiger partial charge < -0.3 is 5.32 Å². The van der Waals surface area contributed by atoms with E-state index in [1.54, 1.807) is 18.2 Å². The molecule has 0 radical (unpaired) electrons. The van der Waals surface area contributed by atoms with Gasteiger partial charge in [0, 0.05) is 37.1 Å². The second kappa shape index (κ2) is 8.50. The minimum atomic E-state index is -0.400. The number of nitrogens with one attached hydrogen (secondary N) is 1. The Kier molecular flexibility index (Phi) is 6.10. The van der Waals surface area contributed by atoms with E-state index in [4.69, 9.17) is 0 Å². The lowest BCUT2D eigenvalue weighted by Crippen LogP contribution is -2.38. The van der Waals surface area contributed by atoms with Crippen molar-refractivity contribution >= 4 is 23.4 Å². The van der Waals surface area contributed by atoms with Crippen molar-refractivity contribution in [1.82, 2.24) is 4.90 Å². The summed E-state index contributed by atoms with van der Waals surface area (Å²) < 4.78 is 13.6. The van der Waals surface area contributed by atoms with E-state index in [0.717, 1.165) is 18.1 Å². The van der Waals surface area contributed by atoms with Crippen LogP contribution in [0.2, 0.25) is 0 Å². The molecule has 3 nitrogen and oxygen atoms in total. The molecule has 1 N–H and O–H groups in total. The standard InChI is InChI=1S/C20H23FN2OS/c1-15-6-8-16(9-7-15)19-14-25-13-12-23(19)11-10-20(24)22-18-5-3-2-4-17(18)21/h2-9,19H,10-14H2,1H3,(H,22,24). The molecule has 0 aliphatic carbocycles. The average Bonchev–Trinajstić information content (AvgIpc) is 2.63. The second-order valence-electron chi connectivity index (χ2n) is 6.32. The van der Waals surface area contributed by atoms with Crippen molar-refractivity contribution in [2.24, 2.45) is 0 Å². The molecular weight excluding hydrogens is 335 g/mol. The Bertz CT molecular complexity index is 720. The first kappa shape index (κ1) is 18.0. The maximum Gasteiger partial charge on any atom is 0.225 e. The van der Waals surface area contributed by atoms with Gasteiger partial charge in [0.1, 0.15) is 5.82 Å². The molecule has 132 valence electrons. The molecule has 1 aliphatic heterocycles. The first-order valence-corrected chi connectivity index (χ1v) is 9.72. The molecule has 0 saturated carbocycles. The van der Waals surface area contributed by atoms with E-state index >= 15 is 0 Å². The molecular formula is C20H23FN2OS. The summed E-state index contributed by atoms with van der Waals surface area (Å²) in [6.45, 7) is 3.74. The third-order valence-electron chi connectivity index (χ3n) is 4.48. The summed E-state index contributed by atoms with van der Waals surface area (Å²) in [5.41, 5.74) is 2.80. The van der Waals surface area contributed by atoms with Gasteiger partial charge in [-0.25, -0.2) is 4.39 Å². The fraction of sp³-hybridized carbons (Fsp3) is 0.350. The number of amides is 1. The Morgan fingerprint density at radius 1 is 1.24 bits per heavy atom. The van der Waals surface area contributed by atoms with Crippen LogP contribution in [-0.2, 0) is 4.79 Å². The number of carbonyl (C=O) groups excluding carboxylic acids is 1. The number of halogens is 1. The molecule has 5 heteroatoms. The smallest absolute Gasteiger partial charge is 0.225 e. The van der Waals surface area contributed by atoms with E-state index < -0.39 is 5.82 Å². The summed E-state index contributed by atoms with van der Waals surface area (Å²) in [4.78, 5) is 14.5. The van der Waals surface area contributed by atoms with Crippen LogP contribution in [0.5, 0.6) is 0 Å². The quantitative estimate of drug-likeness (QED) is 0.867. The van der Waals surface area contributed by atoms with Crippen molar-refractivity contribution in [3.05, 3.63) is 65.5 Å². The Balaban J connectivity index is 1.59. The summed E-state index contributed by atoms with van der Waals surface area (Å²) in [6.07, 6.45) is 0.362. The molecule has 2 aromatic rings. The van der Waals surface area contributed by atoms with Crippen LogP contribution in [0.3, 0.4) is 0 Å². The Morgan fingerprint density at radius 2 is 2.00 bits per heavy atom. The molecule has 0 aromatic heterocycles. The minimum Gasteiger partial charge on any atom is -0.324 e. The summed E-state index contributed by atoms with van der Waals surface area (Å²) in [7, 11) is 0. The number of hydrogen-bond acceptors (Lipinski definition) is 3. The Hall–Kier alpha value is -1.85. The van der Waals surface area contributed by atoms with Crippen LogP contribution in [-0.4, -0.2) is 35.4 Å². The molecule has 1 atom stereocenters. The van der Waals surface area contributed by atoms with Gasteiger partial charge in [-0.3, -0.25) is 9.69 Å². The number of anilines is 1. The zero-order valence-electron chi connectivity index (χ0n) is 14.4. The maximum absolute atomic E-state index is 13.6. The topological polar surface area (TPSA) is 32.3 Å². The average molecular weight is 358 g/mol. The molecule has 2 aromatic carbocycles. The predicted octanol–water partition coefficient (Wildman–Crippen LogP) is 4.25. The summed E-state index contributed by atoms with van der Waals surface area (Å²) in [6, 6.07) is 15.2. The summed E-state index contributed by atoms with van der Waals surface area (Å²) in [5, 5.41) is 2.67. The highest BCUT2D eigenvalue weighted by Gasteiger charge is 2.24. The fourth-order valence-corrected chi connectivity index (χ4v) is 4.18. The highest BCUT2D eigenvalue weighted by Crippen LogP contribution is 2.29. The maximum atomic E-state index is 13.6. The molecule has 3 rings (SSSR count). The van der Waals surface area contributed by atoms with Crippen LogP contribution in [0.1, 0.15) is 23.6 Å². The zero-order chi connectivity index (χ0) is 17.6. The molecule has 1 unspecified atom stereocenters. The SMILES string of the molecule is Cc1ccc(C2CSCCN2CCC(=O)Nc2ccccc2F)cc1. The van der Waals surface area contributed by atoms with Crippen molar-refractivity contribution in [2.45, 2.75) is 19.4 Å². The van der Waals surface area contributed by atoms with E-state index in [0.29, 0.717) is 19.0 Å². The third-order valence-corrected chi connectivity index (χ3v) is 5.50. The second-order valence-corrected chi connectivity index (χ2v) is 7.47. The lowest BCUT2D eigenvalue weighted by atomic mass is 10.0. The number of nitrogens with zero attached hydrogens (tertiary/aromatic N) is 1. The van der Waals surface area contributed by atoms with E-state index in [9.17, 15) is 9.18 Å². The zero-order valence-corrected chi connectivity index (χ0v) is 15.2. The number of aryl methyl sites for hydroxylation is 1. The van der Waals surface area contributed by atoms with E-state index in [-0.39, 0.29) is 11.6 Å². The van der Waals surface area contributed by atoms with Crippen LogP contribution in [0.4, 0.5) is 10.1 Å². The molecule has 25 heavy (non-hydrogen) atoms. The van der Waals surface area contributed by atoms with Crippen LogP contribution >= 0.6 is 11.8 Å². The predicted molar refractivity (Wildman–Crippen MR) is 102 cm³/mol. The van der Waals surface area contributed by atoms with Gasteiger partial charge in [0.2, 0.25) is 5.91 Å². The van der Waals surface area contributed by atoms with Crippen LogP contribution < -0.4 is 5.32 Å². The molecule has 1 saturated heterocycles.